The molecule has 7 atom stereocenters. The first-order valence-corrected chi connectivity index (χ1v) is 17.6. The number of halogens is 1. The van der Waals surface area contributed by atoms with Gasteiger partial charge in [-0.2, -0.15) is 0 Å². The number of carbonyl (C=O) groups excluding carboxylic acids is 2. The number of H-pyrrole nitrogens is 1. The van der Waals surface area contributed by atoms with Gasteiger partial charge in [-0.25, -0.2) is 0 Å². The van der Waals surface area contributed by atoms with E-state index in [4.69, 9.17) is 9.84 Å². The van der Waals surface area contributed by atoms with Crippen LogP contribution in [0.1, 0.15) is 59.6 Å². The lowest BCUT2D eigenvalue weighted by atomic mass is 9.68. The van der Waals surface area contributed by atoms with Gasteiger partial charge in [0.25, 0.3) is 0 Å². The molecule has 0 spiro atoms. The van der Waals surface area contributed by atoms with Crippen LogP contribution in [0.3, 0.4) is 0 Å². The van der Waals surface area contributed by atoms with Crippen LogP contribution < -0.4 is 9.61 Å². The minimum Gasteiger partial charge on any atom is -0.489 e. The van der Waals surface area contributed by atoms with Crippen molar-refractivity contribution in [3.05, 3.63) is 78.2 Å². The Balaban J connectivity index is 1.20. The zero-order valence-corrected chi connectivity index (χ0v) is 27.4. The number of thioether (sulfide) groups is 1. The van der Waals surface area contributed by atoms with Crippen molar-refractivity contribution in [2.24, 2.45) is 29.6 Å². The Morgan fingerprint density at radius 3 is 2.64 bits per heavy atom. The maximum absolute atomic E-state index is 13.9. The van der Waals surface area contributed by atoms with Gasteiger partial charge in [0.2, 0.25) is 11.8 Å². The number of rotatable bonds is 10. The number of carboxylic acids is 1. The number of carboxylic acid groups (broad SMARTS) is 1. The fourth-order valence-corrected chi connectivity index (χ4v) is 11.5. The lowest BCUT2D eigenvalue weighted by Gasteiger charge is -2.43. The van der Waals surface area contributed by atoms with Gasteiger partial charge in [-0.05, 0) is 67.7 Å². The average molecular weight is 698 g/mol. The molecule has 2 aliphatic carbocycles. The van der Waals surface area contributed by atoms with Gasteiger partial charge in [0.05, 0.1) is 16.9 Å². The molecule has 230 valence electrons. The number of nitrogens with one attached hydrogen (secondary N) is 1. The van der Waals surface area contributed by atoms with Crippen molar-refractivity contribution in [3.63, 3.8) is 0 Å². The number of aromatic nitrogens is 1. The Kier molecular flexibility index (Phi) is 7.99. The van der Waals surface area contributed by atoms with Crippen molar-refractivity contribution < 1.29 is 24.2 Å². The highest BCUT2D eigenvalue weighted by Gasteiger charge is 2.69. The van der Waals surface area contributed by atoms with E-state index in [-0.39, 0.29) is 63.9 Å². The summed E-state index contributed by atoms with van der Waals surface area (Å²) in [6, 6.07) is 14.3. The molecule has 6 unspecified atom stereocenters. The third-order valence-electron chi connectivity index (χ3n) is 9.87. The number of hydrogen-bond acceptors (Lipinski definition) is 7. The summed E-state index contributed by atoms with van der Waals surface area (Å²) in [5.41, 5.74) is 3.23. The lowest BCUT2D eigenvalue weighted by Crippen LogP contribution is -2.42. The molecule has 2 N–H and O–H groups in total. The molecular formula is C33H33BrN2O6S2. The van der Waals surface area contributed by atoms with Crippen molar-refractivity contribution in [2.75, 3.05) is 6.54 Å². The van der Waals surface area contributed by atoms with Gasteiger partial charge in [-0.15, -0.1) is 11.8 Å². The molecule has 3 fully saturated rings. The van der Waals surface area contributed by atoms with Gasteiger partial charge in [0, 0.05) is 39.0 Å². The maximum Gasteiger partial charge on any atom is 0.305 e. The summed E-state index contributed by atoms with van der Waals surface area (Å²) >= 11 is 6.59. The first-order valence-electron chi connectivity index (χ1n) is 15.2. The SMILES string of the molecule is Cc1cccc(COc2ccc(Br)cc2[C@H]2c3sc(=O)[nH]c3SC3C4CC(C5C(=O)N(CCCCCC(=O)O)C(=O)C45)C32)c1. The van der Waals surface area contributed by atoms with Crippen LogP contribution >= 0.6 is 39.0 Å². The molecule has 8 nitrogen and oxygen atoms in total. The van der Waals surface area contributed by atoms with Crippen LogP contribution in [0.5, 0.6) is 5.75 Å². The zero-order valence-electron chi connectivity index (χ0n) is 24.2. The molecule has 1 saturated heterocycles. The molecule has 11 heteroatoms. The zero-order chi connectivity index (χ0) is 30.7. The van der Waals surface area contributed by atoms with E-state index in [2.05, 4.69) is 46.0 Å². The van der Waals surface area contributed by atoms with E-state index < -0.39 is 5.97 Å². The quantitative estimate of drug-likeness (QED) is 0.191. The third kappa shape index (κ3) is 5.14. The van der Waals surface area contributed by atoms with Gasteiger partial charge < -0.3 is 14.8 Å². The predicted molar refractivity (Wildman–Crippen MR) is 171 cm³/mol. The van der Waals surface area contributed by atoms with Crippen LogP contribution in [-0.2, 0) is 21.0 Å². The van der Waals surface area contributed by atoms with Crippen LogP contribution in [0.4, 0.5) is 0 Å². The molecule has 3 aromatic rings. The van der Waals surface area contributed by atoms with E-state index in [1.165, 1.54) is 16.2 Å². The second-order valence-electron chi connectivity index (χ2n) is 12.5. The second-order valence-corrected chi connectivity index (χ2v) is 15.6. The molecule has 3 heterocycles. The van der Waals surface area contributed by atoms with E-state index in [9.17, 15) is 19.2 Å². The number of ether oxygens (including phenoxy) is 1. The molecule has 2 aromatic carbocycles. The Bertz CT molecular complexity index is 1700. The molecule has 44 heavy (non-hydrogen) atoms. The summed E-state index contributed by atoms with van der Waals surface area (Å²) in [5, 5.41) is 9.89. The van der Waals surface area contributed by atoms with Crippen molar-refractivity contribution in [1.82, 2.24) is 9.88 Å². The number of nitrogens with zero attached hydrogens (tertiary/aromatic N) is 1. The normalized spacial score (nSPS) is 28.2. The topological polar surface area (TPSA) is 117 Å². The number of carbonyl (C=O) groups is 3. The average Bonchev–Trinajstić information content (AvgIpc) is 3.71. The van der Waals surface area contributed by atoms with E-state index >= 15 is 0 Å². The Morgan fingerprint density at radius 1 is 1.07 bits per heavy atom. The summed E-state index contributed by atoms with van der Waals surface area (Å²) < 4.78 is 7.39. The fraction of sp³-hybridized carbons (Fsp3) is 0.455. The van der Waals surface area contributed by atoms with Gasteiger partial charge in [-0.1, -0.05) is 63.5 Å². The fourth-order valence-electron chi connectivity index (χ4n) is 8.23. The number of fused-ring (bicyclic) bond motifs is 9. The number of aromatic amines is 1. The minimum atomic E-state index is -0.830. The molecular weight excluding hydrogens is 664 g/mol. The smallest absolute Gasteiger partial charge is 0.305 e. The highest BCUT2D eigenvalue weighted by molar-refractivity contribution is 9.10. The summed E-state index contributed by atoms with van der Waals surface area (Å²) in [6.45, 7) is 2.81. The monoisotopic (exact) mass is 696 g/mol. The van der Waals surface area contributed by atoms with E-state index in [1.807, 2.05) is 24.3 Å². The van der Waals surface area contributed by atoms with Gasteiger partial charge in [-0.3, -0.25) is 24.1 Å². The van der Waals surface area contributed by atoms with Crippen LogP contribution in [0, 0.1) is 36.5 Å². The summed E-state index contributed by atoms with van der Waals surface area (Å²) in [5.74, 6) is -0.893. The standard InChI is InChI=1S/C33H33BrN2O6S2/c1-16-6-5-7-17(12-16)15-42-22-10-9-18(34)13-19(22)24-25-20-14-21(28(25)43-30-29(24)44-33(41)35-30)27-26(20)31(39)36(32(27)40)11-4-2-3-8-23(37)38/h5-7,9-10,12-13,20-21,24-28H,2-4,8,11,14-15H2,1H3,(H,35,41)(H,37,38)/t20?,21?,24-,25?,26?,27?,28?/m1/s1. The molecule has 2 bridgehead atoms. The number of hydrogen-bond donors (Lipinski definition) is 2. The van der Waals surface area contributed by atoms with Crippen molar-refractivity contribution >= 4 is 56.8 Å². The van der Waals surface area contributed by atoms with Gasteiger partial charge >= 0.3 is 10.8 Å². The number of thiazole rings is 1. The van der Waals surface area contributed by atoms with Crippen LogP contribution in [-0.4, -0.2) is 44.6 Å². The molecule has 4 aliphatic rings. The third-order valence-corrected chi connectivity index (χ3v) is 13.0. The number of aryl methyl sites for hydroxylation is 1. The van der Waals surface area contributed by atoms with Crippen molar-refractivity contribution in [3.8, 4) is 5.75 Å². The highest BCUT2D eigenvalue weighted by atomic mass is 79.9. The van der Waals surface area contributed by atoms with Crippen LogP contribution in [0.15, 0.2) is 56.8 Å². The summed E-state index contributed by atoms with van der Waals surface area (Å²) in [6.07, 6.45) is 2.73. The minimum absolute atomic E-state index is 0.0231. The Labute approximate surface area is 271 Å². The first kappa shape index (κ1) is 29.8. The number of imide groups is 1. The Hall–Kier alpha value is -2.89. The van der Waals surface area contributed by atoms with Crippen molar-refractivity contribution in [1.29, 1.82) is 0 Å². The van der Waals surface area contributed by atoms with Gasteiger partial charge in [0.1, 0.15) is 12.4 Å². The summed E-state index contributed by atoms with van der Waals surface area (Å²) in [7, 11) is 0. The summed E-state index contributed by atoms with van der Waals surface area (Å²) in [4.78, 5) is 56.6. The maximum atomic E-state index is 13.9. The van der Waals surface area contributed by atoms with Gasteiger partial charge in [0.15, 0.2) is 0 Å². The van der Waals surface area contributed by atoms with E-state index in [0.717, 1.165) is 43.2 Å². The highest BCUT2D eigenvalue weighted by Crippen LogP contribution is 2.69. The largest absolute Gasteiger partial charge is 0.489 e. The van der Waals surface area contributed by atoms with E-state index in [0.29, 0.717) is 32.4 Å². The Morgan fingerprint density at radius 2 is 1.86 bits per heavy atom. The molecule has 2 amide bonds. The molecule has 1 aromatic heterocycles. The van der Waals surface area contributed by atoms with Crippen LogP contribution in [0.25, 0.3) is 0 Å². The van der Waals surface area contributed by atoms with E-state index in [1.54, 1.807) is 11.8 Å². The van der Waals surface area contributed by atoms with Crippen LogP contribution in [0.2, 0.25) is 0 Å². The molecule has 2 aliphatic heterocycles. The second kappa shape index (κ2) is 11.8. The number of unbranched alkanes of at least 4 members (excludes halogenated alkanes) is 2. The number of aliphatic carboxylic acids is 1. The molecule has 2 saturated carbocycles. The lowest BCUT2D eigenvalue weighted by molar-refractivity contribution is -0.141. The number of amides is 2. The predicted octanol–water partition coefficient (Wildman–Crippen LogP) is 6.20. The first-order chi connectivity index (χ1) is 21.2. The molecule has 7 rings (SSSR count). The molecule has 0 radical (unpaired) electrons. The number of benzene rings is 2. The van der Waals surface area contributed by atoms with Crippen molar-refractivity contribution in [2.45, 2.75) is 61.8 Å². The number of likely N-dealkylation sites (tertiary alicyclic amines) is 1.